The Morgan fingerprint density at radius 3 is 2.00 bits per heavy atom. The van der Waals surface area contributed by atoms with Gasteiger partial charge < -0.3 is 12.3 Å². The molecule has 1 aliphatic heterocycles. The summed E-state index contributed by atoms with van der Waals surface area (Å²) in [4.78, 5) is 0. The Labute approximate surface area is 93.3 Å². The zero-order valence-corrected chi connectivity index (χ0v) is 12.9. The van der Waals surface area contributed by atoms with Crippen LogP contribution in [0.25, 0.3) is 0 Å². The van der Waals surface area contributed by atoms with Gasteiger partial charge in [-0.2, -0.15) is 0 Å². The number of halogens is 3. The summed E-state index contributed by atoms with van der Waals surface area (Å²) in [6.45, 7) is 3.77. The van der Waals surface area contributed by atoms with Gasteiger partial charge in [0.1, 0.15) is 0 Å². The van der Waals surface area contributed by atoms with Crippen LogP contribution in [0.4, 0.5) is 13.2 Å². The van der Waals surface area contributed by atoms with Crippen molar-refractivity contribution in [1.82, 2.24) is 0 Å². The molecule has 0 bridgehead atoms. The molecule has 0 radical (unpaired) electrons. The minimum Gasteiger partial charge on any atom is -0.425 e. The largest absolute Gasteiger partial charge is 0.425 e. The summed E-state index contributed by atoms with van der Waals surface area (Å²) in [6.07, 6.45) is 0. The first kappa shape index (κ1) is 13.4. The van der Waals surface area contributed by atoms with Gasteiger partial charge in [-0.3, -0.25) is 0 Å². The van der Waals surface area contributed by atoms with Crippen molar-refractivity contribution in [1.29, 1.82) is 0 Å². The summed E-state index contributed by atoms with van der Waals surface area (Å²) < 4.78 is 56.0. The second kappa shape index (κ2) is 4.67. The smallest absolute Gasteiger partial charge is 0.384 e. The van der Waals surface area contributed by atoms with Crippen LogP contribution in [-0.2, 0) is 12.3 Å². The highest BCUT2D eigenvalue weighted by molar-refractivity contribution is 6.63. The topological polar surface area (TPSA) is 27.7 Å². The van der Waals surface area contributed by atoms with Gasteiger partial charge in [0.05, 0.1) is 0 Å². The van der Waals surface area contributed by atoms with E-state index >= 15 is 0 Å². The first-order valence-electron chi connectivity index (χ1n) is 4.68. The molecule has 1 aliphatic rings. The van der Waals surface area contributed by atoms with Crippen LogP contribution in [0, 0.1) is 5.92 Å². The van der Waals surface area contributed by atoms with Gasteiger partial charge >= 0.3 is 14.8 Å². The average molecular weight is 276 g/mol. The molecule has 0 aliphatic carbocycles. The Hall–Kier alpha value is 0.321. The molecule has 1 rings (SSSR count). The van der Waals surface area contributed by atoms with Crippen LogP contribution in [-0.4, -0.2) is 40.5 Å². The highest BCUT2D eigenvalue weighted by atomic mass is 28.4. The standard InChI is InChI=1S/C6H15F3O3Si3/c1-4(2)5(3,7)6(8,9)15-11-13-10-14-12-15/h4,15H,13-14H2,1-3H3. The van der Waals surface area contributed by atoms with E-state index in [-0.39, 0.29) is 0 Å². The maximum Gasteiger partial charge on any atom is 0.384 e. The Balaban J connectivity index is 2.79. The molecule has 0 spiro atoms. The van der Waals surface area contributed by atoms with E-state index in [1.807, 2.05) is 0 Å². The SMILES string of the molecule is CC(C)C(C)(F)C(F)(F)[SiH]1O[SiH2]O[SiH2]O1. The third kappa shape index (κ3) is 2.53. The van der Waals surface area contributed by atoms with Crippen LogP contribution in [0.5, 0.6) is 0 Å². The van der Waals surface area contributed by atoms with Crippen LogP contribution >= 0.6 is 0 Å². The van der Waals surface area contributed by atoms with Gasteiger partial charge in [-0.1, -0.05) is 13.8 Å². The van der Waals surface area contributed by atoms with Crippen molar-refractivity contribution in [2.45, 2.75) is 32.0 Å². The molecular formula is C6H15F3O3Si3. The van der Waals surface area contributed by atoms with Crippen LogP contribution in [0.15, 0.2) is 0 Å². The maximum atomic E-state index is 13.9. The zero-order chi connectivity index (χ0) is 11.7. The van der Waals surface area contributed by atoms with Crippen molar-refractivity contribution in [3.8, 4) is 0 Å². The van der Waals surface area contributed by atoms with Crippen molar-refractivity contribution < 1.29 is 25.5 Å². The van der Waals surface area contributed by atoms with E-state index < -0.39 is 46.4 Å². The lowest BCUT2D eigenvalue weighted by molar-refractivity contribution is -0.108. The van der Waals surface area contributed by atoms with Gasteiger partial charge in [0, 0.05) is 0 Å². The lowest BCUT2D eigenvalue weighted by Crippen LogP contribution is -2.60. The van der Waals surface area contributed by atoms with E-state index in [9.17, 15) is 13.2 Å². The molecule has 1 heterocycles. The third-order valence-corrected chi connectivity index (χ3v) is 8.64. The van der Waals surface area contributed by atoms with Gasteiger partial charge in [0.2, 0.25) is 0 Å². The molecular weight excluding hydrogens is 261 g/mol. The highest BCUT2D eigenvalue weighted by Gasteiger charge is 2.61. The van der Waals surface area contributed by atoms with Crippen LogP contribution < -0.4 is 0 Å². The van der Waals surface area contributed by atoms with Crippen molar-refractivity contribution in [3.05, 3.63) is 0 Å². The monoisotopic (exact) mass is 276 g/mol. The quantitative estimate of drug-likeness (QED) is 0.670. The van der Waals surface area contributed by atoms with E-state index in [1.54, 1.807) is 0 Å². The van der Waals surface area contributed by atoms with Crippen LogP contribution in [0.2, 0.25) is 0 Å². The van der Waals surface area contributed by atoms with Crippen molar-refractivity contribution in [2.24, 2.45) is 5.92 Å². The zero-order valence-electron chi connectivity index (χ0n) is 8.93. The molecule has 9 heteroatoms. The molecule has 0 aromatic carbocycles. The van der Waals surface area contributed by atoms with Crippen molar-refractivity contribution >= 4 is 29.3 Å². The predicted octanol–water partition coefficient (Wildman–Crippen LogP) is -0.173. The van der Waals surface area contributed by atoms with Crippen molar-refractivity contribution in [2.75, 3.05) is 0 Å². The fourth-order valence-electron chi connectivity index (χ4n) is 1.13. The Morgan fingerprint density at radius 2 is 1.60 bits per heavy atom. The molecule has 15 heavy (non-hydrogen) atoms. The Kier molecular flexibility index (Phi) is 4.17. The van der Waals surface area contributed by atoms with Crippen LogP contribution in [0.3, 0.4) is 0 Å². The third-order valence-electron chi connectivity index (χ3n) is 2.64. The first-order valence-corrected chi connectivity index (χ1v) is 8.50. The van der Waals surface area contributed by atoms with Gasteiger partial charge in [-0.15, -0.1) is 0 Å². The predicted molar refractivity (Wildman–Crippen MR) is 56.8 cm³/mol. The maximum absolute atomic E-state index is 13.9. The molecule has 0 saturated carbocycles. The Bertz CT molecular complexity index is 221. The summed E-state index contributed by atoms with van der Waals surface area (Å²) >= 11 is 0. The molecule has 0 aromatic heterocycles. The summed E-state index contributed by atoms with van der Waals surface area (Å²) in [5, 5.41) is 0. The first-order chi connectivity index (χ1) is 6.80. The van der Waals surface area contributed by atoms with E-state index in [2.05, 4.69) is 0 Å². The lowest BCUT2D eigenvalue weighted by atomic mass is 9.95. The van der Waals surface area contributed by atoms with Gasteiger partial charge in [0.15, 0.2) is 5.67 Å². The summed E-state index contributed by atoms with van der Waals surface area (Å²) in [5.74, 6) is -0.779. The molecule has 1 unspecified atom stereocenters. The molecule has 1 fully saturated rings. The van der Waals surface area contributed by atoms with E-state index in [0.29, 0.717) is 0 Å². The fraction of sp³-hybridized carbons (Fsp3) is 1.00. The minimum absolute atomic E-state index is 0.779. The van der Waals surface area contributed by atoms with E-state index in [4.69, 9.17) is 12.3 Å². The Morgan fingerprint density at radius 1 is 1.13 bits per heavy atom. The van der Waals surface area contributed by atoms with E-state index in [1.165, 1.54) is 13.8 Å². The average Bonchev–Trinajstić information content (AvgIpc) is 2.18. The van der Waals surface area contributed by atoms with E-state index in [0.717, 1.165) is 6.92 Å². The lowest BCUT2D eigenvalue weighted by Gasteiger charge is -2.38. The van der Waals surface area contributed by atoms with Gasteiger partial charge in [0.25, 0.3) is 20.0 Å². The molecule has 1 atom stereocenters. The number of hydrogen-bond acceptors (Lipinski definition) is 3. The van der Waals surface area contributed by atoms with Crippen LogP contribution in [0.1, 0.15) is 20.8 Å². The minimum atomic E-state index is -3.50. The molecule has 0 N–H and O–H groups in total. The highest BCUT2D eigenvalue weighted by Crippen LogP contribution is 2.40. The van der Waals surface area contributed by atoms with Gasteiger partial charge in [-0.05, 0) is 12.8 Å². The van der Waals surface area contributed by atoms with Gasteiger partial charge in [-0.25, -0.2) is 13.2 Å². The fourth-order valence-corrected chi connectivity index (χ4v) is 8.61. The summed E-state index contributed by atoms with van der Waals surface area (Å²) in [7, 11) is -5.93. The second-order valence-electron chi connectivity index (χ2n) is 3.96. The van der Waals surface area contributed by atoms with Crippen molar-refractivity contribution in [3.63, 3.8) is 0 Å². The molecule has 3 nitrogen and oxygen atoms in total. The second-order valence-corrected chi connectivity index (χ2v) is 10.1. The number of rotatable bonds is 3. The summed E-state index contributed by atoms with van der Waals surface area (Å²) in [6, 6.07) is 0. The summed E-state index contributed by atoms with van der Waals surface area (Å²) in [5.41, 5.74) is -6.07. The molecule has 90 valence electrons. The number of alkyl halides is 3. The molecule has 0 amide bonds. The molecule has 1 saturated heterocycles. The molecule has 0 aromatic rings. The normalized spacial score (nSPS) is 31.0. The number of hydrogen-bond donors (Lipinski definition) is 0.